The van der Waals surface area contributed by atoms with Gasteiger partial charge in [0, 0.05) is 5.75 Å². The molecule has 20 heavy (non-hydrogen) atoms. The van der Waals surface area contributed by atoms with Gasteiger partial charge >= 0.3 is 0 Å². The molecule has 0 saturated heterocycles. The van der Waals surface area contributed by atoms with Crippen molar-refractivity contribution in [1.29, 1.82) is 0 Å². The average molecular weight is 291 g/mol. The van der Waals surface area contributed by atoms with Crippen molar-refractivity contribution in [2.75, 3.05) is 0 Å². The van der Waals surface area contributed by atoms with Crippen LogP contribution in [0.3, 0.4) is 0 Å². The van der Waals surface area contributed by atoms with Crippen LogP contribution in [0.25, 0.3) is 0 Å². The van der Waals surface area contributed by atoms with E-state index in [4.69, 9.17) is 5.84 Å². The van der Waals surface area contributed by atoms with Gasteiger partial charge < -0.3 is 0 Å². The number of nitrogens with zero attached hydrogens (tertiary/aromatic N) is 5. The second kappa shape index (κ2) is 5.55. The monoisotopic (exact) mass is 291 g/mol. The van der Waals surface area contributed by atoms with Crippen molar-refractivity contribution >= 4 is 17.7 Å². The molecule has 3 rings (SSSR count). The Labute approximate surface area is 119 Å². The molecule has 0 radical (unpaired) electrons. The van der Waals surface area contributed by atoms with Crippen LogP contribution in [0.5, 0.6) is 0 Å². The van der Waals surface area contributed by atoms with E-state index in [0.717, 1.165) is 23.7 Å². The molecule has 9 heteroatoms. The standard InChI is InChI=1S/C11H13N7OS/c12-14-10(19)9-3-1-2-7(13-9)6-20-11-15-16-17-18(11)8-4-5-8/h1-3,8H,4-6,12H2,(H,14,19). The van der Waals surface area contributed by atoms with Crippen molar-refractivity contribution in [3.05, 3.63) is 29.6 Å². The summed E-state index contributed by atoms with van der Waals surface area (Å²) in [5.41, 5.74) is 3.14. The summed E-state index contributed by atoms with van der Waals surface area (Å²) >= 11 is 1.50. The molecular weight excluding hydrogens is 278 g/mol. The number of nitrogens with two attached hydrogens (primary N) is 1. The number of hydrogen-bond donors (Lipinski definition) is 2. The first-order chi connectivity index (χ1) is 9.78. The molecule has 2 aromatic heterocycles. The highest BCUT2D eigenvalue weighted by Gasteiger charge is 2.27. The van der Waals surface area contributed by atoms with Crippen LogP contribution in [-0.4, -0.2) is 31.1 Å². The minimum absolute atomic E-state index is 0.299. The molecule has 0 aromatic carbocycles. The molecule has 3 N–H and O–H groups in total. The molecule has 1 fully saturated rings. The van der Waals surface area contributed by atoms with Gasteiger partial charge in [0.05, 0.1) is 11.7 Å². The summed E-state index contributed by atoms with van der Waals surface area (Å²) in [6.45, 7) is 0. The summed E-state index contributed by atoms with van der Waals surface area (Å²) in [6.07, 6.45) is 2.26. The van der Waals surface area contributed by atoms with E-state index in [0.29, 0.717) is 17.5 Å². The highest BCUT2D eigenvalue weighted by molar-refractivity contribution is 7.98. The number of carbonyl (C=O) groups excluding carboxylic acids is 1. The van der Waals surface area contributed by atoms with E-state index in [2.05, 4.69) is 25.9 Å². The van der Waals surface area contributed by atoms with Crippen molar-refractivity contribution in [3.8, 4) is 0 Å². The normalized spacial score (nSPS) is 14.2. The van der Waals surface area contributed by atoms with E-state index in [1.165, 1.54) is 11.8 Å². The van der Waals surface area contributed by atoms with Gasteiger partial charge in [-0.25, -0.2) is 15.5 Å². The summed E-state index contributed by atoms with van der Waals surface area (Å²) in [4.78, 5) is 15.7. The fraction of sp³-hybridized carbons (Fsp3) is 0.364. The first-order valence-electron chi connectivity index (χ1n) is 6.15. The van der Waals surface area contributed by atoms with Crippen molar-refractivity contribution in [1.82, 2.24) is 30.6 Å². The number of hydrogen-bond acceptors (Lipinski definition) is 7. The van der Waals surface area contributed by atoms with Gasteiger partial charge in [-0.15, -0.1) is 5.10 Å². The predicted molar refractivity (Wildman–Crippen MR) is 71.5 cm³/mol. The summed E-state index contributed by atoms with van der Waals surface area (Å²) in [5, 5.41) is 12.5. The molecule has 0 bridgehead atoms. The van der Waals surface area contributed by atoms with Gasteiger partial charge in [-0.1, -0.05) is 17.8 Å². The number of nitrogen functional groups attached to an aromatic ring is 1. The molecule has 1 saturated carbocycles. The first-order valence-corrected chi connectivity index (χ1v) is 7.14. The molecule has 0 aliphatic heterocycles. The zero-order valence-corrected chi connectivity index (χ0v) is 11.4. The topological polar surface area (TPSA) is 112 Å². The Morgan fingerprint density at radius 3 is 3.10 bits per heavy atom. The first kappa shape index (κ1) is 13.0. The predicted octanol–water partition coefficient (Wildman–Crippen LogP) is 0.299. The van der Waals surface area contributed by atoms with Crippen LogP contribution in [0.2, 0.25) is 0 Å². The molecule has 1 aliphatic carbocycles. The highest BCUT2D eigenvalue weighted by Crippen LogP contribution is 2.36. The summed E-state index contributed by atoms with van der Waals surface area (Å²) < 4.78 is 1.85. The Hall–Kier alpha value is -2.00. The lowest BCUT2D eigenvalue weighted by atomic mass is 10.3. The largest absolute Gasteiger partial charge is 0.289 e. The van der Waals surface area contributed by atoms with Gasteiger partial charge in [-0.3, -0.25) is 10.2 Å². The van der Waals surface area contributed by atoms with Gasteiger partial charge in [-0.2, -0.15) is 0 Å². The van der Waals surface area contributed by atoms with Crippen molar-refractivity contribution in [2.45, 2.75) is 29.8 Å². The molecule has 2 aromatic rings. The number of rotatable bonds is 5. The zero-order chi connectivity index (χ0) is 13.9. The third-order valence-corrected chi connectivity index (χ3v) is 3.84. The van der Waals surface area contributed by atoms with Gasteiger partial charge in [0.1, 0.15) is 5.69 Å². The SMILES string of the molecule is NNC(=O)c1cccc(CSc2nnnn2C2CC2)n1. The van der Waals surface area contributed by atoms with E-state index < -0.39 is 5.91 Å². The minimum atomic E-state index is -0.403. The van der Waals surface area contributed by atoms with Crippen LogP contribution in [0.4, 0.5) is 0 Å². The molecule has 0 spiro atoms. The zero-order valence-electron chi connectivity index (χ0n) is 10.6. The van der Waals surface area contributed by atoms with E-state index in [-0.39, 0.29) is 0 Å². The number of nitrogens with one attached hydrogen (secondary N) is 1. The molecule has 1 amide bonds. The summed E-state index contributed by atoms with van der Waals surface area (Å²) in [7, 11) is 0. The fourth-order valence-corrected chi connectivity index (χ4v) is 2.58. The average Bonchev–Trinajstić information content (AvgIpc) is 3.23. The highest BCUT2D eigenvalue weighted by atomic mass is 32.2. The molecule has 0 atom stereocenters. The maximum absolute atomic E-state index is 11.4. The number of thioether (sulfide) groups is 1. The lowest BCUT2D eigenvalue weighted by Crippen LogP contribution is -2.30. The van der Waals surface area contributed by atoms with Crippen LogP contribution in [0.15, 0.2) is 23.4 Å². The summed E-state index contributed by atoms with van der Waals surface area (Å²) in [5.74, 6) is 5.28. The Bertz CT molecular complexity index is 625. The Balaban J connectivity index is 1.68. The van der Waals surface area contributed by atoms with E-state index in [9.17, 15) is 4.79 Å². The van der Waals surface area contributed by atoms with Gasteiger partial charge in [0.15, 0.2) is 0 Å². The molecule has 0 unspecified atom stereocenters. The van der Waals surface area contributed by atoms with Gasteiger partial charge in [0.2, 0.25) is 5.16 Å². The second-order valence-electron chi connectivity index (χ2n) is 4.41. The molecule has 104 valence electrons. The number of aromatic nitrogens is 5. The van der Waals surface area contributed by atoms with Crippen LogP contribution < -0.4 is 11.3 Å². The minimum Gasteiger partial charge on any atom is -0.289 e. The lowest BCUT2D eigenvalue weighted by Gasteiger charge is -2.04. The number of hydrazine groups is 1. The molecule has 8 nitrogen and oxygen atoms in total. The maximum Gasteiger partial charge on any atom is 0.283 e. The third kappa shape index (κ3) is 2.78. The lowest BCUT2D eigenvalue weighted by molar-refractivity contribution is 0.0948. The van der Waals surface area contributed by atoms with Gasteiger partial charge in [-0.05, 0) is 35.4 Å². The number of carbonyl (C=O) groups is 1. The molecular formula is C11H13N7OS. The van der Waals surface area contributed by atoms with Crippen molar-refractivity contribution in [3.63, 3.8) is 0 Å². The van der Waals surface area contributed by atoms with Gasteiger partial charge in [0.25, 0.3) is 5.91 Å². The summed E-state index contributed by atoms with van der Waals surface area (Å²) in [6, 6.07) is 5.68. The van der Waals surface area contributed by atoms with Crippen LogP contribution in [0, 0.1) is 0 Å². The van der Waals surface area contributed by atoms with E-state index >= 15 is 0 Å². The maximum atomic E-state index is 11.4. The smallest absolute Gasteiger partial charge is 0.283 e. The van der Waals surface area contributed by atoms with E-state index in [1.807, 2.05) is 10.7 Å². The Kier molecular flexibility index (Phi) is 3.61. The van der Waals surface area contributed by atoms with Crippen LogP contribution >= 0.6 is 11.8 Å². The van der Waals surface area contributed by atoms with Crippen molar-refractivity contribution < 1.29 is 4.79 Å². The molecule has 1 aliphatic rings. The van der Waals surface area contributed by atoms with Crippen molar-refractivity contribution in [2.24, 2.45) is 5.84 Å². The third-order valence-electron chi connectivity index (χ3n) is 2.88. The number of tetrazole rings is 1. The number of pyridine rings is 1. The fourth-order valence-electron chi connectivity index (χ4n) is 1.73. The quantitative estimate of drug-likeness (QED) is 0.352. The van der Waals surface area contributed by atoms with E-state index in [1.54, 1.807) is 12.1 Å². The Morgan fingerprint density at radius 1 is 1.50 bits per heavy atom. The second-order valence-corrected chi connectivity index (χ2v) is 5.36. The van der Waals surface area contributed by atoms with Crippen LogP contribution in [-0.2, 0) is 5.75 Å². The van der Waals surface area contributed by atoms with Crippen LogP contribution in [0.1, 0.15) is 35.1 Å². The molecule has 2 heterocycles. The number of amides is 1. The Morgan fingerprint density at radius 2 is 2.35 bits per heavy atom.